The summed E-state index contributed by atoms with van der Waals surface area (Å²) in [5, 5.41) is 3.26. The third kappa shape index (κ3) is 2.67. The monoisotopic (exact) mass is 274 g/mol. The molecule has 0 spiro atoms. The van der Waals surface area contributed by atoms with Crippen LogP contribution in [-0.4, -0.2) is 27.0 Å². The van der Waals surface area contributed by atoms with Crippen LogP contribution in [-0.2, 0) is 11.3 Å². The molecule has 0 bridgehead atoms. The molecule has 1 heterocycles. The Bertz CT molecular complexity index is 632. The molecule has 0 saturated carbocycles. The fourth-order valence-electron chi connectivity index (χ4n) is 2.54. The number of fused-ring (bicyclic) bond motifs is 1. The fourth-order valence-corrected chi connectivity index (χ4v) is 2.54. The number of carbonyl (C=O) groups is 1. The Morgan fingerprint density at radius 2 is 2.10 bits per heavy atom. The number of hydrogen-bond donors (Lipinski definition) is 2. The van der Waals surface area contributed by atoms with Gasteiger partial charge in [-0.05, 0) is 39.8 Å². The topological polar surface area (TPSA) is 72.9 Å². The summed E-state index contributed by atoms with van der Waals surface area (Å²) in [7, 11) is 0. The van der Waals surface area contributed by atoms with Crippen LogP contribution in [0.25, 0.3) is 11.0 Å². The molecular formula is C15H22N4O. The Kier molecular flexibility index (Phi) is 3.81. The molecule has 0 aliphatic carbocycles. The standard InChI is InChI=1S/C15H22N4O/c1-10(2)18-15(4,14(16)20)9-19-11(3)17-12-7-5-6-8-13(12)19/h5-8,10,18H,9H2,1-4H3,(H2,16,20). The maximum Gasteiger partial charge on any atom is 0.239 e. The number of rotatable bonds is 5. The van der Waals surface area contributed by atoms with E-state index in [2.05, 4.69) is 10.3 Å². The van der Waals surface area contributed by atoms with Gasteiger partial charge in [-0.15, -0.1) is 0 Å². The smallest absolute Gasteiger partial charge is 0.239 e. The molecule has 1 amide bonds. The molecule has 3 N–H and O–H groups in total. The van der Waals surface area contributed by atoms with Gasteiger partial charge in [-0.1, -0.05) is 12.1 Å². The van der Waals surface area contributed by atoms with E-state index in [1.807, 2.05) is 56.5 Å². The number of imidazole rings is 1. The summed E-state index contributed by atoms with van der Waals surface area (Å²) in [6, 6.07) is 8.07. The third-order valence-electron chi connectivity index (χ3n) is 3.47. The predicted molar refractivity (Wildman–Crippen MR) is 80.3 cm³/mol. The molecule has 2 aromatic rings. The molecule has 5 heteroatoms. The first-order valence-corrected chi connectivity index (χ1v) is 6.83. The van der Waals surface area contributed by atoms with E-state index < -0.39 is 5.54 Å². The van der Waals surface area contributed by atoms with Crippen molar-refractivity contribution in [2.24, 2.45) is 5.73 Å². The lowest BCUT2D eigenvalue weighted by Crippen LogP contribution is -2.58. The highest BCUT2D eigenvalue weighted by Crippen LogP contribution is 2.19. The summed E-state index contributed by atoms with van der Waals surface area (Å²) in [5.41, 5.74) is 6.74. The molecule has 5 nitrogen and oxygen atoms in total. The SMILES string of the molecule is Cc1nc2ccccc2n1CC(C)(NC(C)C)C(N)=O. The second-order valence-corrected chi connectivity index (χ2v) is 5.73. The van der Waals surface area contributed by atoms with Crippen LogP contribution < -0.4 is 11.1 Å². The first-order chi connectivity index (χ1) is 9.33. The number of hydrogen-bond acceptors (Lipinski definition) is 3. The highest BCUT2D eigenvalue weighted by molar-refractivity contribution is 5.84. The molecule has 1 aromatic heterocycles. The Balaban J connectivity index is 2.43. The largest absolute Gasteiger partial charge is 0.368 e. The minimum absolute atomic E-state index is 0.169. The summed E-state index contributed by atoms with van der Waals surface area (Å²) in [5.74, 6) is 0.521. The number of primary amides is 1. The van der Waals surface area contributed by atoms with Crippen molar-refractivity contribution in [3.63, 3.8) is 0 Å². The lowest BCUT2D eigenvalue weighted by Gasteiger charge is -2.30. The summed E-state index contributed by atoms with van der Waals surface area (Å²) >= 11 is 0. The molecule has 1 atom stereocenters. The molecule has 0 fully saturated rings. The van der Waals surface area contributed by atoms with Crippen molar-refractivity contribution in [3.05, 3.63) is 30.1 Å². The van der Waals surface area contributed by atoms with Crippen molar-refractivity contribution < 1.29 is 4.79 Å². The minimum atomic E-state index is -0.803. The number of nitrogens with one attached hydrogen (secondary N) is 1. The summed E-state index contributed by atoms with van der Waals surface area (Å²) in [6.45, 7) is 8.24. The number of aryl methyl sites for hydroxylation is 1. The lowest BCUT2D eigenvalue weighted by atomic mass is 10.00. The molecule has 0 aliphatic heterocycles. The van der Waals surface area contributed by atoms with E-state index in [1.165, 1.54) is 0 Å². The van der Waals surface area contributed by atoms with E-state index in [1.54, 1.807) is 0 Å². The van der Waals surface area contributed by atoms with Crippen LogP contribution in [0.15, 0.2) is 24.3 Å². The number of aromatic nitrogens is 2. The van der Waals surface area contributed by atoms with Crippen LogP contribution in [0.3, 0.4) is 0 Å². The van der Waals surface area contributed by atoms with E-state index in [-0.39, 0.29) is 11.9 Å². The molecule has 20 heavy (non-hydrogen) atoms. The van der Waals surface area contributed by atoms with Gasteiger partial charge in [0.1, 0.15) is 11.4 Å². The molecule has 0 aliphatic rings. The molecular weight excluding hydrogens is 252 g/mol. The number of amides is 1. The van der Waals surface area contributed by atoms with Crippen molar-refractivity contribution in [3.8, 4) is 0 Å². The normalized spacial score (nSPS) is 14.7. The van der Waals surface area contributed by atoms with E-state index in [9.17, 15) is 4.79 Å². The van der Waals surface area contributed by atoms with Gasteiger partial charge in [0, 0.05) is 6.04 Å². The first kappa shape index (κ1) is 14.5. The van der Waals surface area contributed by atoms with Crippen LogP contribution in [0.1, 0.15) is 26.6 Å². The number of carbonyl (C=O) groups excluding carboxylic acids is 1. The van der Waals surface area contributed by atoms with Gasteiger partial charge in [0.05, 0.1) is 17.6 Å². The average Bonchev–Trinajstić information content (AvgIpc) is 2.65. The maximum absolute atomic E-state index is 11.9. The molecule has 1 aromatic carbocycles. The zero-order valence-corrected chi connectivity index (χ0v) is 12.5. The molecule has 0 saturated heterocycles. The highest BCUT2D eigenvalue weighted by atomic mass is 16.1. The highest BCUT2D eigenvalue weighted by Gasteiger charge is 2.33. The van der Waals surface area contributed by atoms with Gasteiger partial charge in [-0.25, -0.2) is 4.98 Å². The fraction of sp³-hybridized carbons (Fsp3) is 0.467. The Morgan fingerprint density at radius 3 is 2.70 bits per heavy atom. The molecule has 0 radical (unpaired) electrons. The number of nitrogens with two attached hydrogens (primary N) is 1. The van der Waals surface area contributed by atoms with Crippen molar-refractivity contribution in [1.82, 2.24) is 14.9 Å². The number of nitrogens with zero attached hydrogens (tertiary/aromatic N) is 2. The van der Waals surface area contributed by atoms with Crippen LogP contribution in [0.5, 0.6) is 0 Å². The zero-order chi connectivity index (χ0) is 14.9. The predicted octanol–water partition coefficient (Wildman–Crippen LogP) is 1.59. The van der Waals surface area contributed by atoms with Crippen LogP contribution in [0.4, 0.5) is 0 Å². The number of para-hydroxylation sites is 2. The van der Waals surface area contributed by atoms with Gasteiger partial charge < -0.3 is 10.3 Å². The van der Waals surface area contributed by atoms with Gasteiger partial charge >= 0.3 is 0 Å². The molecule has 108 valence electrons. The zero-order valence-electron chi connectivity index (χ0n) is 12.5. The van der Waals surface area contributed by atoms with Crippen LogP contribution in [0, 0.1) is 6.92 Å². The van der Waals surface area contributed by atoms with Gasteiger partial charge in [0.2, 0.25) is 5.91 Å². The number of benzene rings is 1. The summed E-state index contributed by atoms with van der Waals surface area (Å²) in [6.07, 6.45) is 0. The van der Waals surface area contributed by atoms with E-state index in [4.69, 9.17) is 5.73 Å². The summed E-state index contributed by atoms with van der Waals surface area (Å²) in [4.78, 5) is 16.4. The Labute approximate surface area is 119 Å². The Hall–Kier alpha value is -1.88. The van der Waals surface area contributed by atoms with Crippen molar-refractivity contribution in [2.75, 3.05) is 0 Å². The van der Waals surface area contributed by atoms with Crippen LogP contribution >= 0.6 is 0 Å². The second kappa shape index (κ2) is 5.25. The molecule has 2 rings (SSSR count). The van der Waals surface area contributed by atoms with Crippen LogP contribution in [0.2, 0.25) is 0 Å². The van der Waals surface area contributed by atoms with Gasteiger partial charge in [-0.3, -0.25) is 10.1 Å². The molecule has 1 unspecified atom stereocenters. The van der Waals surface area contributed by atoms with Crippen molar-refractivity contribution in [1.29, 1.82) is 0 Å². The second-order valence-electron chi connectivity index (χ2n) is 5.73. The van der Waals surface area contributed by atoms with Crippen molar-refractivity contribution >= 4 is 16.9 Å². The van der Waals surface area contributed by atoms with Gasteiger partial charge in [-0.2, -0.15) is 0 Å². The van der Waals surface area contributed by atoms with E-state index >= 15 is 0 Å². The lowest BCUT2D eigenvalue weighted by molar-refractivity contribution is -0.124. The van der Waals surface area contributed by atoms with Crippen molar-refractivity contribution in [2.45, 2.75) is 45.8 Å². The van der Waals surface area contributed by atoms with E-state index in [0.29, 0.717) is 6.54 Å². The van der Waals surface area contributed by atoms with E-state index in [0.717, 1.165) is 16.9 Å². The third-order valence-corrected chi connectivity index (χ3v) is 3.47. The minimum Gasteiger partial charge on any atom is -0.368 e. The first-order valence-electron chi connectivity index (χ1n) is 6.83. The maximum atomic E-state index is 11.9. The summed E-state index contributed by atoms with van der Waals surface area (Å²) < 4.78 is 2.04. The van der Waals surface area contributed by atoms with Gasteiger partial charge in [0.15, 0.2) is 0 Å². The Morgan fingerprint density at radius 1 is 1.45 bits per heavy atom. The quantitative estimate of drug-likeness (QED) is 0.869. The van der Waals surface area contributed by atoms with Gasteiger partial charge in [0.25, 0.3) is 0 Å². The average molecular weight is 274 g/mol.